The molecule has 3 rings (SSSR count). The normalized spacial score (nSPS) is 11.0. The van der Waals surface area contributed by atoms with Gasteiger partial charge < -0.3 is 4.74 Å². The molecule has 0 aliphatic heterocycles. The second-order valence-electron chi connectivity index (χ2n) is 4.62. The van der Waals surface area contributed by atoms with E-state index in [1.165, 1.54) is 11.1 Å². The summed E-state index contributed by atoms with van der Waals surface area (Å²) in [5.74, 6) is 1.72. The zero-order valence-corrected chi connectivity index (χ0v) is 14.9. The van der Waals surface area contributed by atoms with Crippen LogP contribution in [0, 0.1) is 6.92 Å². The van der Waals surface area contributed by atoms with Crippen LogP contribution in [0.25, 0.3) is 10.3 Å². The van der Waals surface area contributed by atoms with E-state index >= 15 is 0 Å². The van der Waals surface area contributed by atoms with E-state index in [0.717, 1.165) is 31.2 Å². The summed E-state index contributed by atoms with van der Waals surface area (Å²) in [6, 6.07) is 6.23. The van der Waals surface area contributed by atoms with Gasteiger partial charge in [0.25, 0.3) is 0 Å². The molecule has 0 bridgehead atoms. The first kappa shape index (κ1) is 15.6. The quantitative estimate of drug-likeness (QED) is 0.502. The fourth-order valence-corrected chi connectivity index (χ4v) is 4.63. The maximum atomic E-state index is 5.44. The molecule has 1 aromatic carbocycles. The van der Waals surface area contributed by atoms with E-state index in [2.05, 4.69) is 34.0 Å². The van der Waals surface area contributed by atoms with Gasteiger partial charge in [-0.3, -0.25) is 0 Å². The summed E-state index contributed by atoms with van der Waals surface area (Å²) in [6.45, 7) is 2.09. The van der Waals surface area contributed by atoms with Crippen LogP contribution < -0.4 is 4.74 Å². The van der Waals surface area contributed by atoms with Crippen molar-refractivity contribution in [1.29, 1.82) is 0 Å². The van der Waals surface area contributed by atoms with Gasteiger partial charge in [0.2, 0.25) is 0 Å². The number of rotatable bonds is 5. The first-order valence-corrected chi connectivity index (χ1v) is 9.66. The third kappa shape index (κ3) is 3.21. The van der Waals surface area contributed by atoms with Crippen LogP contribution in [0.5, 0.6) is 5.75 Å². The number of ether oxygens (including phenoxy) is 1. The molecule has 0 radical (unpaired) electrons. The Morgan fingerprint density at radius 3 is 2.91 bits per heavy atom. The van der Waals surface area contributed by atoms with E-state index < -0.39 is 0 Å². The summed E-state index contributed by atoms with van der Waals surface area (Å²) >= 11 is 4.98. The van der Waals surface area contributed by atoms with Crippen LogP contribution in [0.3, 0.4) is 0 Å². The Morgan fingerprint density at radius 1 is 1.27 bits per heavy atom. The van der Waals surface area contributed by atoms with Gasteiger partial charge in [0, 0.05) is 11.3 Å². The average Bonchev–Trinajstić information content (AvgIpc) is 2.96. The molecule has 0 spiro atoms. The zero-order valence-electron chi connectivity index (χ0n) is 12.5. The minimum atomic E-state index is 0.781. The maximum absolute atomic E-state index is 5.44. The minimum absolute atomic E-state index is 0.781. The molecule has 0 atom stereocenters. The Kier molecular flexibility index (Phi) is 4.85. The lowest BCUT2D eigenvalue weighted by Crippen LogP contribution is -1.92. The van der Waals surface area contributed by atoms with Crippen molar-refractivity contribution >= 4 is 45.2 Å². The Bertz CT molecular complexity index is 804. The lowest BCUT2D eigenvalue weighted by molar-refractivity contribution is 0.411. The fraction of sp³-hybridized carbons (Fsp3) is 0.267. The highest BCUT2D eigenvalue weighted by atomic mass is 32.2. The van der Waals surface area contributed by atoms with Gasteiger partial charge in [-0.05, 0) is 19.2 Å². The molecule has 0 aliphatic rings. The van der Waals surface area contributed by atoms with Crippen LogP contribution in [0.2, 0.25) is 0 Å². The molecule has 3 aromatic rings. The number of thioether (sulfide) groups is 2. The number of aromatic nitrogens is 3. The molecule has 114 valence electrons. The summed E-state index contributed by atoms with van der Waals surface area (Å²) in [5, 5.41) is 0.978. The molecule has 2 aromatic heterocycles. The number of nitrogens with zero attached hydrogens (tertiary/aromatic N) is 3. The van der Waals surface area contributed by atoms with E-state index in [0.29, 0.717) is 0 Å². The Labute approximate surface area is 141 Å². The monoisotopic (exact) mass is 349 g/mol. The van der Waals surface area contributed by atoms with E-state index in [1.54, 1.807) is 48.3 Å². The number of benzene rings is 1. The van der Waals surface area contributed by atoms with E-state index in [1.807, 2.05) is 12.3 Å². The zero-order chi connectivity index (χ0) is 15.5. The van der Waals surface area contributed by atoms with Crippen LogP contribution in [0.1, 0.15) is 11.1 Å². The minimum Gasteiger partial charge on any atom is -0.496 e. The molecule has 0 aliphatic carbocycles. The first-order valence-electron chi connectivity index (χ1n) is 6.63. The molecule has 0 unspecified atom stereocenters. The maximum Gasteiger partial charge on any atom is 0.175 e. The number of fused-ring (bicyclic) bond motifs is 1. The van der Waals surface area contributed by atoms with Crippen molar-refractivity contribution in [2.45, 2.75) is 22.0 Å². The molecule has 0 amide bonds. The summed E-state index contributed by atoms with van der Waals surface area (Å²) in [4.78, 5) is 13.2. The van der Waals surface area contributed by atoms with E-state index in [9.17, 15) is 0 Å². The number of thiazole rings is 1. The standard InChI is InChI=1S/C15H15N3OS3/c1-9-4-5-11(19-2)10(6-9)7-21-14-12-13(16-8-17-14)18-15(20-3)22-12/h4-6,8H,7H2,1-3H3. The van der Waals surface area contributed by atoms with Crippen molar-refractivity contribution in [3.05, 3.63) is 35.7 Å². The molecular weight excluding hydrogens is 334 g/mol. The van der Waals surface area contributed by atoms with Gasteiger partial charge in [-0.25, -0.2) is 15.0 Å². The van der Waals surface area contributed by atoms with Gasteiger partial charge in [0.05, 0.1) is 7.11 Å². The number of aryl methyl sites for hydroxylation is 1. The molecule has 0 saturated carbocycles. The van der Waals surface area contributed by atoms with Crippen molar-refractivity contribution in [1.82, 2.24) is 15.0 Å². The van der Waals surface area contributed by atoms with Crippen LogP contribution in [-0.4, -0.2) is 28.3 Å². The predicted octanol–water partition coefficient (Wildman–Crippen LogP) is 4.42. The van der Waals surface area contributed by atoms with Gasteiger partial charge in [-0.1, -0.05) is 41.2 Å². The number of hydrogen-bond acceptors (Lipinski definition) is 7. The fourth-order valence-electron chi connectivity index (χ4n) is 2.07. The van der Waals surface area contributed by atoms with E-state index in [4.69, 9.17) is 4.74 Å². The largest absolute Gasteiger partial charge is 0.496 e. The third-order valence-corrected chi connectivity index (χ3v) is 6.32. The first-order chi connectivity index (χ1) is 10.7. The number of hydrogen-bond donors (Lipinski definition) is 0. The summed E-state index contributed by atoms with van der Waals surface area (Å²) in [7, 11) is 1.70. The predicted molar refractivity (Wildman–Crippen MR) is 94.3 cm³/mol. The SMILES string of the molecule is COc1ccc(C)cc1CSc1ncnc2nc(SC)sc12. The second kappa shape index (κ2) is 6.85. The van der Waals surface area contributed by atoms with Gasteiger partial charge >= 0.3 is 0 Å². The second-order valence-corrected chi connectivity index (χ2v) is 7.64. The highest BCUT2D eigenvalue weighted by Gasteiger charge is 2.12. The molecule has 22 heavy (non-hydrogen) atoms. The molecule has 0 fully saturated rings. The van der Waals surface area contributed by atoms with Crippen LogP contribution in [0.4, 0.5) is 0 Å². The van der Waals surface area contributed by atoms with Crippen LogP contribution >= 0.6 is 34.9 Å². The van der Waals surface area contributed by atoms with Crippen molar-refractivity contribution in [3.8, 4) is 5.75 Å². The lowest BCUT2D eigenvalue weighted by atomic mass is 10.1. The Morgan fingerprint density at radius 2 is 2.14 bits per heavy atom. The smallest absolute Gasteiger partial charge is 0.175 e. The number of methoxy groups -OCH3 is 1. The van der Waals surface area contributed by atoms with Crippen molar-refractivity contribution in [2.75, 3.05) is 13.4 Å². The highest BCUT2D eigenvalue weighted by Crippen LogP contribution is 2.35. The van der Waals surface area contributed by atoms with Crippen molar-refractivity contribution < 1.29 is 4.74 Å². The van der Waals surface area contributed by atoms with E-state index in [-0.39, 0.29) is 0 Å². The van der Waals surface area contributed by atoms with Crippen molar-refractivity contribution in [3.63, 3.8) is 0 Å². The molecule has 7 heteroatoms. The summed E-state index contributed by atoms with van der Waals surface area (Å²) in [6.07, 6.45) is 3.61. The molecule has 0 N–H and O–H groups in total. The molecule has 2 heterocycles. The molecular formula is C15H15N3OS3. The van der Waals surface area contributed by atoms with Crippen LogP contribution in [0.15, 0.2) is 33.9 Å². The summed E-state index contributed by atoms with van der Waals surface area (Å²) in [5.41, 5.74) is 3.18. The molecule has 0 saturated heterocycles. The summed E-state index contributed by atoms with van der Waals surface area (Å²) < 4.78 is 7.52. The van der Waals surface area contributed by atoms with Gasteiger partial charge in [-0.15, -0.1) is 11.3 Å². The Balaban J connectivity index is 1.88. The molecule has 4 nitrogen and oxygen atoms in total. The average molecular weight is 350 g/mol. The van der Waals surface area contributed by atoms with Gasteiger partial charge in [-0.2, -0.15) is 0 Å². The Hall–Kier alpha value is -1.31. The van der Waals surface area contributed by atoms with Crippen LogP contribution in [-0.2, 0) is 5.75 Å². The van der Waals surface area contributed by atoms with Crippen molar-refractivity contribution in [2.24, 2.45) is 0 Å². The van der Waals surface area contributed by atoms with Gasteiger partial charge in [0.15, 0.2) is 9.99 Å². The highest BCUT2D eigenvalue weighted by molar-refractivity contribution is 8.00. The third-order valence-electron chi connectivity index (χ3n) is 3.11. The lowest BCUT2D eigenvalue weighted by Gasteiger charge is -2.09. The topological polar surface area (TPSA) is 47.9 Å². The van der Waals surface area contributed by atoms with Gasteiger partial charge in [0.1, 0.15) is 21.8 Å².